The fraction of sp³-hybridized carbons (Fsp3) is 0.526. The lowest BCUT2D eigenvalue weighted by molar-refractivity contribution is -0.153. The molecule has 1 aliphatic carbocycles. The molecule has 3 aliphatic heterocycles. The molecule has 3 saturated heterocycles. The second-order valence-electron chi connectivity index (χ2n) is 14.8. The van der Waals surface area contributed by atoms with Gasteiger partial charge in [-0.25, -0.2) is 4.98 Å². The number of aliphatic hydroxyl groups excluding tert-OH is 1. The molecule has 14 heteroatoms. The monoisotopic (exact) mass is 720 g/mol. The van der Waals surface area contributed by atoms with E-state index in [1.165, 1.54) is 6.08 Å². The highest BCUT2D eigenvalue weighted by atomic mass is 19.4. The maximum atomic E-state index is 14.0. The van der Waals surface area contributed by atoms with Gasteiger partial charge < -0.3 is 35.7 Å². The highest BCUT2D eigenvalue weighted by Crippen LogP contribution is 2.53. The summed E-state index contributed by atoms with van der Waals surface area (Å²) in [5, 5.41) is 18.5. The van der Waals surface area contributed by atoms with Crippen LogP contribution >= 0.6 is 0 Å². The Morgan fingerprint density at radius 2 is 1.88 bits per heavy atom. The standard InChI is InChI=1S/C38H47F3N8O3/c1-4-30(51)49-20-37(21-49)10-12-47(13-11-37)35-27-16-26(24-7-8-24)32(31-23(3)6-9-29(43)28(31)17-42)34(52-22-38(39,40)41)33(27)44-36(45-35)48-18-25(19-48)46(5-2)14-15-50/h4,6,9,16-17,24-25,42,50H,1,5,7-8,10-15,18-22,43H2,2-3H3. The van der Waals surface area contributed by atoms with Crippen LogP contribution in [0.3, 0.4) is 0 Å². The van der Waals surface area contributed by atoms with Gasteiger partial charge in [0.1, 0.15) is 11.3 Å². The van der Waals surface area contributed by atoms with E-state index in [-0.39, 0.29) is 35.6 Å². The van der Waals surface area contributed by atoms with Crippen LogP contribution in [-0.2, 0) is 4.79 Å². The van der Waals surface area contributed by atoms with Gasteiger partial charge in [0, 0.05) is 85.7 Å². The van der Waals surface area contributed by atoms with Gasteiger partial charge in [-0.15, -0.1) is 0 Å². The van der Waals surface area contributed by atoms with Gasteiger partial charge in [0.15, 0.2) is 12.4 Å². The Balaban J connectivity index is 1.39. The molecule has 52 heavy (non-hydrogen) atoms. The highest BCUT2D eigenvalue weighted by molar-refractivity contribution is 6.05. The van der Waals surface area contributed by atoms with Gasteiger partial charge in [-0.05, 0) is 80.0 Å². The van der Waals surface area contributed by atoms with Crippen LogP contribution in [-0.4, -0.2) is 115 Å². The summed E-state index contributed by atoms with van der Waals surface area (Å²) < 4.78 is 47.9. The molecule has 7 rings (SSSR count). The number of halogens is 3. The van der Waals surface area contributed by atoms with Crippen molar-refractivity contribution in [2.75, 3.05) is 81.1 Å². The van der Waals surface area contributed by atoms with Gasteiger partial charge in [0.25, 0.3) is 0 Å². The second kappa shape index (κ2) is 13.8. The van der Waals surface area contributed by atoms with E-state index in [1.54, 1.807) is 6.07 Å². The fourth-order valence-electron chi connectivity index (χ4n) is 8.25. The Bertz CT molecular complexity index is 1880. The van der Waals surface area contributed by atoms with E-state index in [0.29, 0.717) is 90.9 Å². The molecular weight excluding hydrogens is 673 g/mol. The van der Waals surface area contributed by atoms with E-state index >= 15 is 0 Å². The summed E-state index contributed by atoms with van der Waals surface area (Å²) in [5.41, 5.74) is 10.1. The van der Waals surface area contributed by atoms with Gasteiger partial charge in [-0.1, -0.05) is 19.6 Å². The molecule has 4 aliphatic rings. The average Bonchev–Trinajstić information content (AvgIpc) is 3.94. The maximum Gasteiger partial charge on any atom is 0.422 e. The van der Waals surface area contributed by atoms with Crippen LogP contribution in [0.5, 0.6) is 5.75 Å². The number of nitrogens with zero attached hydrogens (tertiary/aromatic N) is 6. The number of nitrogens with two attached hydrogens (primary N) is 1. The zero-order valence-electron chi connectivity index (χ0n) is 29.8. The number of piperidine rings is 1. The van der Waals surface area contributed by atoms with Crippen molar-refractivity contribution in [2.24, 2.45) is 5.41 Å². The number of amides is 1. The molecule has 0 bridgehead atoms. The van der Waals surface area contributed by atoms with Crippen LogP contribution in [0.4, 0.5) is 30.6 Å². The van der Waals surface area contributed by atoms with Gasteiger partial charge in [0.2, 0.25) is 11.9 Å². The molecule has 3 aromatic rings. The van der Waals surface area contributed by atoms with Crippen molar-refractivity contribution in [3.05, 3.63) is 47.5 Å². The Labute approximate surface area is 301 Å². The Hall–Kier alpha value is -4.43. The van der Waals surface area contributed by atoms with Crippen molar-refractivity contribution in [2.45, 2.75) is 57.7 Å². The van der Waals surface area contributed by atoms with E-state index in [4.69, 9.17) is 25.8 Å². The first-order valence-electron chi connectivity index (χ1n) is 18.1. The van der Waals surface area contributed by atoms with Crippen molar-refractivity contribution in [1.82, 2.24) is 19.8 Å². The quantitative estimate of drug-likeness (QED) is 0.132. The van der Waals surface area contributed by atoms with Crippen LogP contribution in [0.1, 0.15) is 55.2 Å². The number of likely N-dealkylation sites (N-methyl/N-ethyl adjacent to an activating group) is 1. The fourth-order valence-corrected chi connectivity index (χ4v) is 8.25. The zero-order valence-corrected chi connectivity index (χ0v) is 29.8. The third-order valence-electron chi connectivity index (χ3n) is 11.3. The number of carbonyl (C=O) groups is 1. The van der Waals surface area contributed by atoms with Crippen molar-refractivity contribution in [1.29, 1.82) is 5.41 Å². The minimum absolute atomic E-state index is 0.0170. The number of ether oxygens (including phenoxy) is 1. The van der Waals surface area contributed by atoms with Crippen molar-refractivity contribution >= 4 is 40.5 Å². The lowest BCUT2D eigenvalue weighted by Gasteiger charge is -2.54. The molecule has 1 amide bonds. The Morgan fingerprint density at radius 3 is 2.48 bits per heavy atom. The first kappa shape index (κ1) is 36.0. The molecule has 278 valence electrons. The third kappa shape index (κ3) is 6.66. The lowest BCUT2D eigenvalue weighted by Crippen LogP contribution is -2.61. The predicted octanol–water partition coefficient (Wildman–Crippen LogP) is 5.12. The van der Waals surface area contributed by atoms with Gasteiger partial charge in [-0.2, -0.15) is 18.2 Å². The van der Waals surface area contributed by atoms with E-state index in [1.807, 2.05) is 35.8 Å². The SMILES string of the molecule is C=CC(=O)N1CC2(CCN(c3nc(N4CC(N(CC)CCO)C4)nc4c(OCC(F)(F)F)c(-c5c(C)ccc(N)c5C=N)c(C5CC5)cc34)CC2)C1. The zero-order chi connectivity index (χ0) is 36.9. The first-order valence-corrected chi connectivity index (χ1v) is 18.1. The highest BCUT2D eigenvalue weighted by Gasteiger charge is 2.47. The van der Waals surface area contributed by atoms with E-state index in [0.717, 1.165) is 49.6 Å². The minimum Gasteiger partial charge on any atom is -0.481 e. The predicted molar refractivity (Wildman–Crippen MR) is 197 cm³/mol. The second-order valence-corrected chi connectivity index (χ2v) is 14.8. The molecule has 1 spiro atoms. The molecule has 1 aromatic heterocycles. The lowest BCUT2D eigenvalue weighted by atomic mass is 9.72. The molecule has 2 aromatic carbocycles. The number of hydrogen-bond donors (Lipinski definition) is 3. The van der Waals surface area contributed by atoms with Crippen LogP contribution in [0.2, 0.25) is 0 Å². The number of hydrogen-bond acceptors (Lipinski definition) is 10. The number of aromatic nitrogens is 2. The topological polar surface area (TPSA) is 135 Å². The number of aliphatic hydroxyl groups is 1. The molecule has 0 radical (unpaired) electrons. The summed E-state index contributed by atoms with van der Waals surface area (Å²) in [6, 6.07) is 5.74. The number of carbonyl (C=O) groups excluding carboxylic acids is 1. The van der Waals surface area contributed by atoms with Crippen LogP contribution in [0.15, 0.2) is 30.9 Å². The molecule has 4 heterocycles. The summed E-state index contributed by atoms with van der Waals surface area (Å²) in [6.45, 7) is 11.3. The largest absolute Gasteiger partial charge is 0.481 e. The number of anilines is 3. The Kier molecular flexibility index (Phi) is 9.57. The van der Waals surface area contributed by atoms with Gasteiger partial charge >= 0.3 is 6.18 Å². The number of benzene rings is 2. The molecule has 1 saturated carbocycles. The van der Waals surface area contributed by atoms with Crippen molar-refractivity contribution < 1.29 is 27.8 Å². The van der Waals surface area contributed by atoms with Crippen molar-refractivity contribution in [3.8, 4) is 16.9 Å². The van der Waals surface area contributed by atoms with Crippen LogP contribution in [0, 0.1) is 17.7 Å². The van der Waals surface area contributed by atoms with Crippen molar-refractivity contribution in [3.63, 3.8) is 0 Å². The molecule has 4 fully saturated rings. The smallest absolute Gasteiger partial charge is 0.422 e. The number of fused-ring (bicyclic) bond motifs is 1. The van der Waals surface area contributed by atoms with E-state index in [9.17, 15) is 23.1 Å². The maximum absolute atomic E-state index is 14.0. The summed E-state index contributed by atoms with van der Waals surface area (Å²) in [4.78, 5) is 30.6. The number of aryl methyl sites for hydroxylation is 1. The average molecular weight is 721 g/mol. The molecule has 4 N–H and O–H groups in total. The minimum atomic E-state index is -4.61. The molecule has 0 atom stereocenters. The van der Waals surface area contributed by atoms with Gasteiger partial charge in [0.05, 0.1) is 6.61 Å². The summed E-state index contributed by atoms with van der Waals surface area (Å²) in [5.74, 6) is 1.11. The number of alkyl halides is 3. The van der Waals surface area contributed by atoms with Crippen LogP contribution < -0.4 is 20.3 Å². The molecule has 0 unspecified atom stereocenters. The van der Waals surface area contributed by atoms with E-state index < -0.39 is 12.8 Å². The van der Waals surface area contributed by atoms with E-state index in [2.05, 4.69) is 16.4 Å². The third-order valence-corrected chi connectivity index (χ3v) is 11.3. The number of nitrogen functional groups attached to an aromatic ring is 1. The molecular formula is C38H47F3N8O3. The van der Waals surface area contributed by atoms with Crippen LogP contribution in [0.25, 0.3) is 22.0 Å². The van der Waals surface area contributed by atoms with Gasteiger partial charge in [-0.3, -0.25) is 9.69 Å². The summed E-state index contributed by atoms with van der Waals surface area (Å²) in [7, 11) is 0. The number of nitrogens with one attached hydrogen (secondary N) is 1. The number of rotatable bonds is 12. The normalized spacial score (nSPS) is 18.9. The molecule has 11 nitrogen and oxygen atoms in total. The number of likely N-dealkylation sites (tertiary alicyclic amines) is 1. The first-order chi connectivity index (χ1) is 24.9. The summed E-state index contributed by atoms with van der Waals surface area (Å²) >= 11 is 0. The Morgan fingerprint density at radius 1 is 1.17 bits per heavy atom. The summed E-state index contributed by atoms with van der Waals surface area (Å²) in [6.07, 6.45) is 1.31.